The first-order valence-electron chi connectivity index (χ1n) is 8.27. The lowest BCUT2D eigenvalue weighted by molar-refractivity contribution is 0.479. The van der Waals surface area contributed by atoms with E-state index in [4.69, 9.17) is 0 Å². The van der Waals surface area contributed by atoms with Crippen LogP contribution in [0.2, 0.25) is 0 Å². The van der Waals surface area contributed by atoms with Gasteiger partial charge in [-0.3, -0.25) is 13.9 Å². The number of para-hydroxylation sites is 1. The zero-order valence-electron chi connectivity index (χ0n) is 14.3. The van der Waals surface area contributed by atoms with E-state index in [1.807, 2.05) is 6.92 Å². The maximum Gasteiger partial charge on any atom is 0.284 e. The topological polar surface area (TPSA) is 119 Å². The van der Waals surface area contributed by atoms with Crippen LogP contribution in [-0.2, 0) is 0 Å². The Morgan fingerprint density at radius 1 is 1.30 bits per heavy atom. The molecule has 1 aliphatic heterocycles. The summed E-state index contributed by atoms with van der Waals surface area (Å²) in [6.07, 6.45) is 0.807. The van der Waals surface area contributed by atoms with Gasteiger partial charge in [-0.2, -0.15) is 0 Å². The van der Waals surface area contributed by atoms with Gasteiger partial charge >= 0.3 is 0 Å². The van der Waals surface area contributed by atoms with E-state index in [1.54, 1.807) is 35.7 Å². The predicted octanol–water partition coefficient (Wildman–Crippen LogP) is 3.62. The summed E-state index contributed by atoms with van der Waals surface area (Å²) in [5.74, 6) is -0.307. The number of aromatic hydroxyl groups is 1. The van der Waals surface area contributed by atoms with Crippen LogP contribution in [0.25, 0.3) is 10.2 Å². The van der Waals surface area contributed by atoms with Crippen molar-refractivity contribution in [2.45, 2.75) is 18.2 Å². The van der Waals surface area contributed by atoms with Crippen molar-refractivity contribution in [1.29, 1.82) is 0 Å². The molecule has 10 heteroatoms. The quantitative estimate of drug-likeness (QED) is 0.451. The number of pyridine rings is 1. The van der Waals surface area contributed by atoms with E-state index in [2.05, 4.69) is 15.1 Å². The minimum atomic E-state index is -3.49. The molecule has 5 N–H and O–H groups in total. The van der Waals surface area contributed by atoms with E-state index in [1.165, 1.54) is 16.0 Å². The number of thiophene rings is 1. The van der Waals surface area contributed by atoms with Crippen LogP contribution in [0.5, 0.6) is 5.75 Å². The second-order valence-corrected chi connectivity index (χ2v) is 8.56. The van der Waals surface area contributed by atoms with Crippen LogP contribution in [0.15, 0.2) is 49.8 Å². The number of anilines is 1. The molecule has 0 bridgehead atoms. The lowest BCUT2D eigenvalue weighted by Gasteiger charge is -2.34. The zero-order valence-corrected chi connectivity index (χ0v) is 16.0. The second-order valence-electron chi connectivity index (χ2n) is 5.99. The van der Waals surface area contributed by atoms with Gasteiger partial charge in [-0.25, -0.2) is 4.68 Å². The third-order valence-electron chi connectivity index (χ3n) is 4.16. The van der Waals surface area contributed by atoms with Gasteiger partial charge in [0.1, 0.15) is 10.5 Å². The minimum Gasteiger partial charge on any atom is -0.505 e. The Labute approximate surface area is 160 Å². The summed E-state index contributed by atoms with van der Waals surface area (Å²) in [5.41, 5.74) is 3.40. The highest BCUT2D eigenvalue weighted by Crippen LogP contribution is 2.55. The summed E-state index contributed by atoms with van der Waals surface area (Å²) in [4.78, 5) is 13.3. The van der Waals surface area contributed by atoms with Crippen LogP contribution >= 0.6 is 22.1 Å². The first-order valence-corrected chi connectivity index (χ1v) is 10.7. The zero-order chi connectivity index (χ0) is 19.2. The molecule has 0 saturated heterocycles. The fraction of sp³-hybridized carbons (Fsp3) is 0.176. The highest BCUT2D eigenvalue weighted by Gasteiger charge is 2.30. The number of hydrogen-bond donors (Lipinski definition) is 5. The summed E-state index contributed by atoms with van der Waals surface area (Å²) in [6, 6.07) is 8.36. The molecule has 0 saturated carbocycles. The second kappa shape index (κ2) is 6.57. The fourth-order valence-electron chi connectivity index (χ4n) is 2.93. The van der Waals surface area contributed by atoms with Crippen LogP contribution in [0.1, 0.15) is 18.9 Å². The van der Waals surface area contributed by atoms with Gasteiger partial charge in [-0.15, -0.1) is 15.7 Å². The largest absolute Gasteiger partial charge is 0.505 e. The summed E-state index contributed by atoms with van der Waals surface area (Å²) < 4.78 is 26.7. The van der Waals surface area contributed by atoms with Gasteiger partial charge in [0.2, 0.25) is 0 Å². The number of nitrogens with one attached hydrogen (secondary N) is 2. The number of benzene rings is 1. The van der Waals surface area contributed by atoms with Crippen LogP contribution in [-0.4, -0.2) is 31.3 Å². The van der Waals surface area contributed by atoms with E-state index in [0.29, 0.717) is 22.4 Å². The Morgan fingerprint density at radius 3 is 2.85 bits per heavy atom. The highest BCUT2D eigenvalue weighted by atomic mass is 32.3. The normalized spacial score (nSPS) is 16.3. The van der Waals surface area contributed by atoms with Crippen molar-refractivity contribution in [2.24, 2.45) is 4.40 Å². The lowest BCUT2D eigenvalue weighted by atomic mass is 10.2. The average molecular weight is 406 g/mol. The van der Waals surface area contributed by atoms with Gasteiger partial charge in [0.15, 0.2) is 11.6 Å². The van der Waals surface area contributed by atoms with E-state index in [-0.39, 0.29) is 22.0 Å². The number of fused-ring (bicyclic) bond motifs is 2. The molecule has 0 amide bonds. The number of aromatic nitrogens is 1. The summed E-state index contributed by atoms with van der Waals surface area (Å²) in [6.45, 7) is 2.54. The smallest absolute Gasteiger partial charge is 0.284 e. The molecule has 3 heterocycles. The van der Waals surface area contributed by atoms with Crippen molar-refractivity contribution in [2.75, 3.05) is 17.3 Å². The monoisotopic (exact) mass is 406 g/mol. The van der Waals surface area contributed by atoms with E-state index < -0.39 is 16.3 Å². The Bertz CT molecular complexity index is 1120. The highest BCUT2D eigenvalue weighted by molar-refractivity contribution is 8.23. The van der Waals surface area contributed by atoms with Crippen molar-refractivity contribution < 1.29 is 14.2 Å². The van der Waals surface area contributed by atoms with Crippen molar-refractivity contribution in [1.82, 2.24) is 4.68 Å². The molecule has 1 aliphatic rings. The first-order chi connectivity index (χ1) is 12.9. The predicted molar refractivity (Wildman–Crippen MR) is 110 cm³/mol. The average Bonchev–Trinajstić information content (AvgIpc) is 3.11. The Hall–Kier alpha value is -2.53. The standard InChI is InChI=1S/C17H18N4O4S2/c1-2-8-18-21-11-7-9-26-15(11)14(22)13(17(21)23)16-19-10-5-3-4-6-12(10)27(24,25)20-16/h3-7,9,18,22,24-25H,2,8H2,1H3,(H,19,20). The number of amidine groups is 1. The molecule has 0 fully saturated rings. The molecule has 3 aromatic rings. The van der Waals surface area contributed by atoms with Crippen LogP contribution in [0.4, 0.5) is 5.69 Å². The number of rotatable bonds is 4. The van der Waals surface area contributed by atoms with Crippen LogP contribution in [0.3, 0.4) is 0 Å². The maximum absolute atomic E-state index is 13.1. The van der Waals surface area contributed by atoms with Gasteiger partial charge in [0.25, 0.3) is 5.56 Å². The first kappa shape index (κ1) is 17.9. The van der Waals surface area contributed by atoms with E-state index in [9.17, 15) is 19.0 Å². The number of nitrogens with zero attached hydrogens (tertiary/aromatic N) is 2. The molecule has 4 rings (SSSR count). The lowest BCUT2D eigenvalue weighted by Crippen LogP contribution is -2.36. The molecule has 27 heavy (non-hydrogen) atoms. The van der Waals surface area contributed by atoms with Crippen molar-refractivity contribution in [3.63, 3.8) is 0 Å². The molecule has 142 valence electrons. The molecule has 8 nitrogen and oxygen atoms in total. The van der Waals surface area contributed by atoms with Gasteiger partial charge in [0.05, 0.1) is 15.9 Å². The third-order valence-corrected chi connectivity index (χ3v) is 6.46. The summed E-state index contributed by atoms with van der Waals surface area (Å²) in [7, 11) is -3.49. The molecular weight excluding hydrogens is 388 g/mol. The summed E-state index contributed by atoms with van der Waals surface area (Å²) >= 11 is 1.28. The van der Waals surface area contributed by atoms with E-state index in [0.717, 1.165) is 6.42 Å². The molecule has 1 aromatic carbocycles. The van der Waals surface area contributed by atoms with Crippen LogP contribution in [0, 0.1) is 0 Å². The Balaban J connectivity index is 1.95. The molecular formula is C17H18N4O4S2. The third kappa shape index (κ3) is 2.86. The van der Waals surface area contributed by atoms with Crippen molar-refractivity contribution in [3.8, 4) is 5.75 Å². The fourth-order valence-corrected chi connectivity index (χ4v) is 4.92. The Kier molecular flexibility index (Phi) is 4.35. The Morgan fingerprint density at radius 2 is 2.07 bits per heavy atom. The van der Waals surface area contributed by atoms with Gasteiger partial charge in [0, 0.05) is 6.54 Å². The maximum atomic E-state index is 13.1. The molecule has 2 aromatic heterocycles. The number of hydrogen-bond acceptors (Lipinski definition) is 8. The summed E-state index contributed by atoms with van der Waals surface area (Å²) in [5, 5.41) is 15.5. The molecule has 0 spiro atoms. The molecule has 0 atom stereocenters. The molecule has 0 unspecified atom stereocenters. The molecule has 0 radical (unpaired) electrons. The van der Waals surface area contributed by atoms with Gasteiger partial charge in [-0.05, 0) is 30.0 Å². The SMILES string of the molecule is CCCNn1c(=O)c(C2=NS(O)(O)c3ccccc3N2)c(O)c2sccc21. The molecule has 0 aliphatic carbocycles. The minimum absolute atomic E-state index is 0.0708. The van der Waals surface area contributed by atoms with Crippen molar-refractivity contribution >= 4 is 43.9 Å². The van der Waals surface area contributed by atoms with Gasteiger partial charge < -0.3 is 15.8 Å². The van der Waals surface area contributed by atoms with Crippen LogP contribution < -0.4 is 16.3 Å². The van der Waals surface area contributed by atoms with Crippen molar-refractivity contribution in [3.05, 3.63) is 51.6 Å². The van der Waals surface area contributed by atoms with E-state index >= 15 is 0 Å². The van der Waals surface area contributed by atoms with Gasteiger partial charge in [-0.1, -0.05) is 29.8 Å².